The summed E-state index contributed by atoms with van der Waals surface area (Å²) >= 11 is 0. The van der Waals surface area contributed by atoms with Crippen LogP contribution in [0.3, 0.4) is 0 Å². The largest absolute Gasteiger partial charge is 0.489 e. The average molecular weight is 544 g/mol. The number of aromatic nitrogens is 3. The summed E-state index contributed by atoms with van der Waals surface area (Å²) in [5, 5.41) is 15.3. The maximum atomic E-state index is 13.5. The van der Waals surface area contributed by atoms with Gasteiger partial charge in [-0.2, -0.15) is 0 Å². The number of aliphatic imine (C=N–C) groups is 1. The fourth-order valence-corrected chi connectivity index (χ4v) is 3.54. The monoisotopic (exact) mass is 544 g/mol. The highest BCUT2D eigenvalue weighted by Crippen LogP contribution is 2.17. The Balaban J connectivity index is 0.00000341. The second kappa shape index (κ2) is 12.8. The number of halogens is 2. The third kappa shape index (κ3) is 7.93. The molecule has 1 aromatic heterocycles. The molecule has 0 saturated heterocycles. The second-order valence-electron chi connectivity index (χ2n) is 7.85. The van der Waals surface area contributed by atoms with Gasteiger partial charge in [-0.25, -0.2) is 9.38 Å². The first kappa shape index (κ1) is 25.4. The molecule has 0 aliphatic heterocycles. The van der Waals surface area contributed by atoms with Gasteiger partial charge in [0.2, 0.25) is 0 Å². The predicted molar refractivity (Wildman–Crippen MR) is 131 cm³/mol. The predicted octanol–water partition coefficient (Wildman–Crippen LogP) is 4.11. The summed E-state index contributed by atoms with van der Waals surface area (Å²) in [4.78, 5) is 4.75. The molecule has 172 valence electrons. The zero-order valence-electron chi connectivity index (χ0n) is 18.6. The van der Waals surface area contributed by atoms with E-state index >= 15 is 0 Å². The van der Waals surface area contributed by atoms with Gasteiger partial charge in [-0.1, -0.05) is 32.3 Å². The van der Waals surface area contributed by atoms with E-state index in [1.54, 1.807) is 12.1 Å². The zero-order valence-corrected chi connectivity index (χ0v) is 20.9. The molecule has 1 saturated carbocycles. The van der Waals surface area contributed by atoms with Gasteiger partial charge in [-0.15, -0.1) is 34.2 Å². The van der Waals surface area contributed by atoms with Gasteiger partial charge in [-0.05, 0) is 38.3 Å². The SMILES string of the molecule is CCC(CNC(=NCc1nnc(C)n1C)NC1CCCCC1)Oc1cccc(F)c1.I. The Morgan fingerprint density at radius 2 is 2.06 bits per heavy atom. The fourth-order valence-electron chi connectivity index (χ4n) is 3.54. The van der Waals surface area contributed by atoms with E-state index in [1.807, 2.05) is 18.5 Å². The van der Waals surface area contributed by atoms with E-state index in [-0.39, 0.29) is 35.9 Å². The van der Waals surface area contributed by atoms with Gasteiger partial charge in [0.1, 0.15) is 30.0 Å². The Hall–Kier alpha value is -1.91. The minimum Gasteiger partial charge on any atom is -0.489 e. The molecular formula is C22H34FIN6O. The van der Waals surface area contributed by atoms with Crippen molar-refractivity contribution in [3.8, 4) is 5.75 Å². The highest BCUT2D eigenvalue weighted by atomic mass is 127. The molecule has 1 unspecified atom stereocenters. The van der Waals surface area contributed by atoms with E-state index in [2.05, 4.69) is 27.8 Å². The van der Waals surface area contributed by atoms with Crippen molar-refractivity contribution in [1.29, 1.82) is 0 Å². The van der Waals surface area contributed by atoms with E-state index < -0.39 is 0 Å². The molecule has 31 heavy (non-hydrogen) atoms. The van der Waals surface area contributed by atoms with E-state index in [0.29, 0.717) is 24.9 Å². The second-order valence-corrected chi connectivity index (χ2v) is 7.85. The van der Waals surface area contributed by atoms with Crippen molar-refractivity contribution < 1.29 is 9.13 Å². The van der Waals surface area contributed by atoms with Crippen LogP contribution in [0, 0.1) is 12.7 Å². The molecule has 0 spiro atoms. The molecule has 3 rings (SSSR count). The third-order valence-electron chi connectivity index (χ3n) is 5.56. The Morgan fingerprint density at radius 1 is 1.29 bits per heavy atom. The number of nitrogens with zero attached hydrogens (tertiary/aromatic N) is 4. The van der Waals surface area contributed by atoms with E-state index in [1.165, 1.54) is 31.4 Å². The summed E-state index contributed by atoms with van der Waals surface area (Å²) in [6.45, 7) is 5.00. The molecule has 2 aromatic rings. The number of rotatable bonds is 8. The number of nitrogens with one attached hydrogen (secondary N) is 2. The van der Waals surface area contributed by atoms with E-state index in [4.69, 9.17) is 9.73 Å². The Morgan fingerprint density at radius 3 is 2.71 bits per heavy atom. The number of hydrogen-bond acceptors (Lipinski definition) is 4. The molecule has 0 amide bonds. The van der Waals surface area contributed by atoms with Crippen molar-refractivity contribution in [3.63, 3.8) is 0 Å². The molecular weight excluding hydrogens is 510 g/mol. The van der Waals surface area contributed by atoms with Crippen LogP contribution in [-0.2, 0) is 13.6 Å². The van der Waals surface area contributed by atoms with Crippen molar-refractivity contribution in [1.82, 2.24) is 25.4 Å². The van der Waals surface area contributed by atoms with Gasteiger partial charge in [0, 0.05) is 19.2 Å². The van der Waals surface area contributed by atoms with E-state index in [9.17, 15) is 4.39 Å². The van der Waals surface area contributed by atoms with Gasteiger partial charge in [0.25, 0.3) is 0 Å². The molecule has 1 aromatic carbocycles. The fraction of sp³-hybridized carbons (Fsp3) is 0.591. The summed E-state index contributed by atoms with van der Waals surface area (Å²) in [6, 6.07) is 6.69. The molecule has 2 N–H and O–H groups in total. The number of hydrogen-bond donors (Lipinski definition) is 2. The van der Waals surface area contributed by atoms with Crippen LogP contribution in [0.5, 0.6) is 5.75 Å². The Bertz CT molecular complexity index is 837. The zero-order chi connectivity index (χ0) is 21.3. The minimum atomic E-state index is -0.296. The first-order valence-electron chi connectivity index (χ1n) is 10.9. The van der Waals surface area contributed by atoms with Crippen LogP contribution in [0.25, 0.3) is 0 Å². The van der Waals surface area contributed by atoms with Crippen LogP contribution < -0.4 is 15.4 Å². The summed E-state index contributed by atoms with van der Waals surface area (Å²) in [5.41, 5.74) is 0. The molecule has 9 heteroatoms. The van der Waals surface area contributed by atoms with Crippen molar-refractivity contribution in [2.45, 2.75) is 71.1 Å². The van der Waals surface area contributed by atoms with Gasteiger partial charge in [0.15, 0.2) is 11.8 Å². The van der Waals surface area contributed by atoms with Crippen LogP contribution in [-0.4, -0.2) is 39.4 Å². The Labute approximate surface area is 201 Å². The van der Waals surface area contributed by atoms with Crippen LogP contribution in [0.15, 0.2) is 29.3 Å². The highest BCUT2D eigenvalue weighted by molar-refractivity contribution is 14.0. The first-order valence-corrected chi connectivity index (χ1v) is 10.9. The number of aryl methyl sites for hydroxylation is 1. The van der Waals surface area contributed by atoms with Crippen LogP contribution in [0.4, 0.5) is 4.39 Å². The summed E-state index contributed by atoms with van der Waals surface area (Å²) in [6.07, 6.45) is 6.80. The lowest BCUT2D eigenvalue weighted by Gasteiger charge is -2.26. The lowest BCUT2D eigenvalue weighted by molar-refractivity contribution is 0.198. The smallest absolute Gasteiger partial charge is 0.192 e. The molecule has 1 aliphatic carbocycles. The van der Waals surface area contributed by atoms with Crippen molar-refractivity contribution in [3.05, 3.63) is 41.7 Å². The van der Waals surface area contributed by atoms with Crippen LogP contribution >= 0.6 is 24.0 Å². The van der Waals surface area contributed by atoms with Crippen LogP contribution in [0.1, 0.15) is 57.1 Å². The molecule has 1 fully saturated rings. The molecule has 0 bridgehead atoms. The first-order chi connectivity index (χ1) is 14.5. The molecule has 0 radical (unpaired) electrons. The Kier molecular flexibility index (Phi) is 10.5. The van der Waals surface area contributed by atoms with Crippen molar-refractivity contribution in [2.75, 3.05) is 6.54 Å². The van der Waals surface area contributed by atoms with Crippen molar-refractivity contribution >= 4 is 29.9 Å². The maximum absolute atomic E-state index is 13.5. The summed E-state index contributed by atoms with van der Waals surface area (Å²) < 4.78 is 21.4. The highest BCUT2D eigenvalue weighted by Gasteiger charge is 2.16. The summed E-state index contributed by atoms with van der Waals surface area (Å²) in [5.74, 6) is 2.68. The molecule has 1 atom stereocenters. The topological polar surface area (TPSA) is 76.4 Å². The van der Waals surface area contributed by atoms with Gasteiger partial charge in [0.05, 0.1) is 6.54 Å². The maximum Gasteiger partial charge on any atom is 0.192 e. The molecule has 1 aliphatic rings. The quantitative estimate of drug-likeness (QED) is 0.297. The summed E-state index contributed by atoms with van der Waals surface area (Å²) in [7, 11) is 1.95. The van der Waals surface area contributed by atoms with E-state index in [0.717, 1.165) is 36.9 Å². The van der Waals surface area contributed by atoms with Crippen LogP contribution in [0.2, 0.25) is 0 Å². The van der Waals surface area contributed by atoms with Crippen molar-refractivity contribution in [2.24, 2.45) is 12.0 Å². The molecule has 7 nitrogen and oxygen atoms in total. The standard InChI is InChI=1S/C22H33FN6O.HI/c1-4-19(30-20-12-8-9-17(23)13-20)14-24-22(26-18-10-6-5-7-11-18)25-15-21-28-27-16(2)29(21)3;/h8-9,12-13,18-19H,4-7,10-11,14-15H2,1-3H3,(H2,24,25,26);1H. The lowest BCUT2D eigenvalue weighted by atomic mass is 9.96. The minimum absolute atomic E-state index is 0. The van der Waals surface area contributed by atoms with Gasteiger partial charge < -0.3 is 19.9 Å². The molecule has 1 heterocycles. The number of benzene rings is 1. The normalized spacial score (nSPS) is 15.8. The average Bonchev–Trinajstić information content (AvgIpc) is 3.07. The lowest BCUT2D eigenvalue weighted by Crippen LogP contribution is -2.47. The van der Waals surface area contributed by atoms with Gasteiger partial charge >= 0.3 is 0 Å². The number of ether oxygens (including phenoxy) is 1. The van der Waals surface area contributed by atoms with Gasteiger partial charge in [-0.3, -0.25) is 0 Å². The number of guanidine groups is 1. The third-order valence-corrected chi connectivity index (χ3v) is 5.56.